The Morgan fingerprint density at radius 3 is 2.62 bits per heavy atom. The molecule has 212 valence electrons. The van der Waals surface area contributed by atoms with Crippen LogP contribution >= 0.6 is 0 Å². The summed E-state index contributed by atoms with van der Waals surface area (Å²) < 4.78 is 35.5. The van der Waals surface area contributed by atoms with Crippen molar-refractivity contribution in [2.45, 2.75) is 94.5 Å². The van der Waals surface area contributed by atoms with Crippen LogP contribution in [-0.2, 0) is 35.0 Å². The molecule has 2 saturated heterocycles. The average Bonchev–Trinajstić information content (AvgIpc) is 3.57. The summed E-state index contributed by atoms with van der Waals surface area (Å²) in [5.74, 6) is 0.899. The van der Waals surface area contributed by atoms with Crippen LogP contribution in [0.3, 0.4) is 0 Å². The van der Waals surface area contributed by atoms with Crippen molar-refractivity contribution in [3.05, 3.63) is 35.1 Å². The van der Waals surface area contributed by atoms with Gasteiger partial charge < -0.3 is 28.4 Å². The van der Waals surface area contributed by atoms with Gasteiger partial charge in [-0.25, -0.2) is 4.79 Å². The summed E-state index contributed by atoms with van der Waals surface area (Å²) in [4.78, 5) is 29.4. The van der Waals surface area contributed by atoms with E-state index in [1.165, 1.54) is 5.56 Å². The van der Waals surface area contributed by atoms with Crippen LogP contribution in [0.5, 0.6) is 11.5 Å². The van der Waals surface area contributed by atoms with Crippen LogP contribution in [0, 0.1) is 0 Å². The summed E-state index contributed by atoms with van der Waals surface area (Å²) in [7, 11) is 1.63. The standard InChI is InChI=1S/C30H39NO8/c1-5-35-24(32)17-30(11-6-9-28(2,3)39-30)27(33)38-26-23(34-4)16-29-10-7-12-31(29)13-8-19-14-21-22(37-18-36-21)15-20(19)25(26)29/h14-16,25-26H,5-13,17-18H2,1-4H3/t25-,26?,29-,30+/m1/s1. The second-order valence-electron chi connectivity index (χ2n) is 12.0. The molecule has 0 aromatic heterocycles. The lowest BCUT2D eigenvalue weighted by molar-refractivity contribution is -0.216. The summed E-state index contributed by atoms with van der Waals surface area (Å²) in [5, 5.41) is 0. The van der Waals surface area contributed by atoms with Gasteiger partial charge in [-0.2, -0.15) is 0 Å². The van der Waals surface area contributed by atoms with E-state index in [1.54, 1.807) is 14.0 Å². The fourth-order valence-electron chi connectivity index (χ4n) is 7.53. The number of rotatable bonds is 6. The number of fused-ring (bicyclic) bond motifs is 3. The number of carbonyl (C=O) groups is 2. The van der Waals surface area contributed by atoms with Gasteiger partial charge in [0.15, 0.2) is 23.2 Å². The van der Waals surface area contributed by atoms with Crippen LogP contribution in [0.25, 0.3) is 0 Å². The van der Waals surface area contributed by atoms with Gasteiger partial charge in [-0.3, -0.25) is 9.69 Å². The molecule has 0 N–H and O–H groups in total. The van der Waals surface area contributed by atoms with E-state index in [0.717, 1.165) is 56.5 Å². The largest absolute Gasteiger partial charge is 0.497 e. The van der Waals surface area contributed by atoms with Crippen molar-refractivity contribution in [2.24, 2.45) is 0 Å². The lowest BCUT2D eigenvalue weighted by atomic mass is 9.77. The Morgan fingerprint density at radius 2 is 1.87 bits per heavy atom. The Hall–Kier alpha value is -2.78. The first-order valence-corrected chi connectivity index (χ1v) is 14.2. The summed E-state index contributed by atoms with van der Waals surface area (Å²) in [6.07, 6.45) is 6.09. The summed E-state index contributed by atoms with van der Waals surface area (Å²) in [6, 6.07) is 4.14. The lowest BCUT2D eigenvalue weighted by Gasteiger charge is -2.44. The van der Waals surface area contributed by atoms with Crippen molar-refractivity contribution in [1.82, 2.24) is 4.90 Å². The molecule has 5 aliphatic rings. The number of benzene rings is 1. The second-order valence-corrected chi connectivity index (χ2v) is 12.0. The molecule has 0 amide bonds. The van der Waals surface area contributed by atoms with E-state index in [1.807, 2.05) is 13.8 Å². The molecule has 9 heteroatoms. The Balaban J connectivity index is 1.40. The predicted molar refractivity (Wildman–Crippen MR) is 141 cm³/mol. The molecule has 1 unspecified atom stereocenters. The number of ether oxygens (including phenoxy) is 6. The highest BCUT2D eigenvalue weighted by atomic mass is 16.7. The quantitative estimate of drug-likeness (QED) is 0.495. The highest BCUT2D eigenvalue weighted by molar-refractivity contribution is 5.86. The minimum absolute atomic E-state index is 0.181. The average molecular weight is 542 g/mol. The van der Waals surface area contributed by atoms with Crippen molar-refractivity contribution in [3.8, 4) is 11.5 Å². The van der Waals surface area contributed by atoms with Crippen LogP contribution in [0.1, 0.15) is 76.3 Å². The first-order valence-electron chi connectivity index (χ1n) is 14.2. The molecule has 9 nitrogen and oxygen atoms in total. The highest BCUT2D eigenvalue weighted by Gasteiger charge is 2.60. The molecule has 1 aromatic carbocycles. The topological polar surface area (TPSA) is 92.8 Å². The Kier molecular flexibility index (Phi) is 6.57. The van der Waals surface area contributed by atoms with Gasteiger partial charge >= 0.3 is 11.9 Å². The highest BCUT2D eigenvalue weighted by Crippen LogP contribution is 2.56. The van der Waals surface area contributed by atoms with Gasteiger partial charge in [0.1, 0.15) is 5.76 Å². The molecule has 0 radical (unpaired) electrons. The van der Waals surface area contributed by atoms with Crippen LogP contribution in [0.2, 0.25) is 0 Å². The molecule has 4 atom stereocenters. The first-order chi connectivity index (χ1) is 18.7. The van der Waals surface area contributed by atoms with Gasteiger partial charge in [0.2, 0.25) is 6.79 Å². The normalized spacial score (nSPS) is 32.4. The molecule has 0 bridgehead atoms. The summed E-state index contributed by atoms with van der Waals surface area (Å²) >= 11 is 0. The van der Waals surface area contributed by atoms with E-state index in [9.17, 15) is 9.59 Å². The molecule has 6 rings (SSSR count). The molecule has 2 fully saturated rings. The molecule has 1 aromatic rings. The molecule has 4 aliphatic heterocycles. The van der Waals surface area contributed by atoms with Crippen molar-refractivity contribution in [2.75, 3.05) is 33.6 Å². The van der Waals surface area contributed by atoms with Gasteiger partial charge in [-0.1, -0.05) is 0 Å². The number of methoxy groups -OCH3 is 1. The second kappa shape index (κ2) is 9.70. The van der Waals surface area contributed by atoms with Gasteiger partial charge in [0.25, 0.3) is 0 Å². The van der Waals surface area contributed by atoms with Gasteiger partial charge in [0.05, 0.1) is 37.2 Å². The molecule has 4 heterocycles. The minimum Gasteiger partial charge on any atom is -0.497 e. The molecule has 1 spiro atoms. The first kappa shape index (κ1) is 26.4. The number of nitrogens with zero attached hydrogens (tertiary/aromatic N) is 1. The Bertz CT molecular complexity index is 1190. The van der Waals surface area contributed by atoms with Crippen molar-refractivity contribution < 1.29 is 38.0 Å². The zero-order chi connectivity index (χ0) is 27.4. The van der Waals surface area contributed by atoms with E-state index in [-0.39, 0.29) is 31.3 Å². The van der Waals surface area contributed by atoms with Crippen molar-refractivity contribution in [3.63, 3.8) is 0 Å². The van der Waals surface area contributed by atoms with Gasteiger partial charge in [-0.15, -0.1) is 0 Å². The zero-order valence-corrected chi connectivity index (χ0v) is 23.4. The third-order valence-electron chi connectivity index (χ3n) is 9.14. The van der Waals surface area contributed by atoms with Crippen molar-refractivity contribution >= 4 is 11.9 Å². The van der Waals surface area contributed by atoms with E-state index < -0.39 is 29.2 Å². The van der Waals surface area contributed by atoms with E-state index in [4.69, 9.17) is 28.4 Å². The summed E-state index contributed by atoms with van der Waals surface area (Å²) in [6.45, 7) is 7.95. The third kappa shape index (κ3) is 4.38. The Morgan fingerprint density at radius 1 is 1.08 bits per heavy atom. The molecule has 1 aliphatic carbocycles. The van der Waals surface area contributed by atoms with Gasteiger partial charge in [0, 0.05) is 6.54 Å². The van der Waals surface area contributed by atoms with E-state index in [0.29, 0.717) is 17.9 Å². The molecular formula is C30H39NO8. The number of hydrogen-bond donors (Lipinski definition) is 0. The molecule has 39 heavy (non-hydrogen) atoms. The zero-order valence-electron chi connectivity index (χ0n) is 23.4. The van der Waals surface area contributed by atoms with Crippen LogP contribution in [0.15, 0.2) is 24.0 Å². The van der Waals surface area contributed by atoms with Gasteiger partial charge in [-0.05, 0) is 95.2 Å². The van der Waals surface area contributed by atoms with Crippen LogP contribution in [-0.4, -0.2) is 73.3 Å². The number of hydrogen-bond acceptors (Lipinski definition) is 9. The number of carbonyl (C=O) groups excluding carboxylic acids is 2. The maximum atomic E-state index is 14.2. The minimum atomic E-state index is -1.42. The van der Waals surface area contributed by atoms with Crippen molar-refractivity contribution in [1.29, 1.82) is 0 Å². The third-order valence-corrected chi connectivity index (χ3v) is 9.14. The maximum Gasteiger partial charge on any atom is 0.339 e. The fraction of sp³-hybridized carbons (Fsp3) is 0.667. The Labute approximate surface area is 229 Å². The maximum absolute atomic E-state index is 14.2. The fourth-order valence-corrected chi connectivity index (χ4v) is 7.53. The molecular weight excluding hydrogens is 502 g/mol. The summed E-state index contributed by atoms with van der Waals surface area (Å²) in [5.41, 5.74) is -0.0676. The molecule has 0 saturated carbocycles. The smallest absolute Gasteiger partial charge is 0.339 e. The van der Waals surface area contributed by atoms with Crippen LogP contribution < -0.4 is 9.47 Å². The van der Waals surface area contributed by atoms with Crippen LogP contribution in [0.4, 0.5) is 0 Å². The number of esters is 2. The SMILES string of the molecule is CCOC(=O)C[C@]1(C(=O)OC2C(OC)=C[C@@]34CCCN3CCc3cc5c(cc3[C@H]24)OCO5)CCCC(C)(C)O1. The lowest BCUT2D eigenvalue weighted by Crippen LogP contribution is -2.54. The van der Waals surface area contributed by atoms with E-state index >= 15 is 0 Å². The predicted octanol–water partition coefficient (Wildman–Crippen LogP) is 4.02. The van der Waals surface area contributed by atoms with E-state index in [2.05, 4.69) is 23.1 Å². The monoisotopic (exact) mass is 541 g/mol.